The molecule has 0 fully saturated rings. The molecule has 1 rings (SSSR count). The topological polar surface area (TPSA) is 21.3 Å². The third-order valence-corrected chi connectivity index (χ3v) is 1.94. The Bertz CT molecular complexity index is 289. The van der Waals surface area contributed by atoms with E-state index in [1.165, 1.54) is 6.07 Å². The monoisotopic (exact) mass is 197 g/mol. The van der Waals surface area contributed by atoms with Crippen molar-refractivity contribution >= 4 is 0 Å². The van der Waals surface area contributed by atoms with Crippen molar-refractivity contribution in [3.05, 3.63) is 29.6 Å². The molecule has 3 heteroatoms. The summed E-state index contributed by atoms with van der Waals surface area (Å²) in [7, 11) is 0. The maximum atomic E-state index is 13.1. The minimum atomic E-state index is -0.217. The average molecular weight is 197 g/mol. The largest absolute Gasteiger partial charge is 0.492 e. The van der Waals surface area contributed by atoms with Gasteiger partial charge in [-0.1, -0.05) is 13.0 Å². The van der Waals surface area contributed by atoms with E-state index in [0.29, 0.717) is 17.9 Å². The normalized spacial score (nSPS) is 10.2. The highest BCUT2D eigenvalue weighted by Crippen LogP contribution is 2.15. The van der Waals surface area contributed by atoms with Crippen molar-refractivity contribution in [2.24, 2.45) is 0 Å². The molecule has 0 unspecified atom stereocenters. The molecule has 0 saturated carbocycles. The maximum Gasteiger partial charge on any atom is 0.129 e. The highest BCUT2D eigenvalue weighted by Gasteiger charge is 1.99. The lowest BCUT2D eigenvalue weighted by atomic mass is 10.2. The highest BCUT2D eigenvalue weighted by molar-refractivity contribution is 5.27. The molecule has 14 heavy (non-hydrogen) atoms. The van der Waals surface area contributed by atoms with Crippen LogP contribution in [0.25, 0.3) is 0 Å². The van der Waals surface area contributed by atoms with E-state index < -0.39 is 0 Å². The van der Waals surface area contributed by atoms with Crippen LogP contribution in [0.5, 0.6) is 5.75 Å². The first-order valence-corrected chi connectivity index (χ1v) is 4.83. The molecular weight excluding hydrogens is 181 g/mol. The van der Waals surface area contributed by atoms with Crippen molar-refractivity contribution in [1.82, 2.24) is 5.32 Å². The third kappa shape index (κ3) is 3.34. The van der Waals surface area contributed by atoms with Gasteiger partial charge in [-0.3, -0.25) is 0 Å². The van der Waals surface area contributed by atoms with Crippen LogP contribution in [0, 0.1) is 12.7 Å². The number of halogens is 1. The molecule has 1 aromatic rings. The standard InChI is InChI=1S/C11H16FNO/c1-3-13-6-7-14-10-5-4-9(2)11(12)8-10/h4-5,8,13H,3,6-7H2,1-2H3. The van der Waals surface area contributed by atoms with Crippen LogP contribution in [0.4, 0.5) is 4.39 Å². The zero-order valence-electron chi connectivity index (χ0n) is 8.64. The fraction of sp³-hybridized carbons (Fsp3) is 0.455. The summed E-state index contributed by atoms with van der Waals surface area (Å²) >= 11 is 0. The van der Waals surface area contributed by atoms with E-state index in [-0.39, 0.29) is 5.82 Å². The Morgan fingerprint density at radius 1 is 1.43 bits per heavy atom. The number of hydrogen-bond acceptors (Lipinski definition) is 2. The first-order valence-electron chi connectivity index (χ1n) is 4.83. The number of aryl methyl sites for hydroxylation is 1. The zero-order valence-corrected chi connectivity index (χ0v) is 8.64. The van der Waals surface area contributed by atoms with Gasteiger partial charge in [0.2, 0.25) is 0 Å². The second-order valence-corrected chi connectivity index (χ2v) is 3.11. The van der Waals surface area contributed by atoms with Crippen molar-refractivity contribution in [3.63, 3.8) is 0 Å². The van der Waals surface area contributed by atoms with Gasteiger partial charge in [-0.15, -0.1) is 0 Å². The number of rotatable bonds is 5. The predicted molar refractivity (Wildman–Crippen MR) is 55.2 cm³/mol. The summed E-state index contributed by atoms with van der Waals surface area (Å²) in [6.07, 6.45) is 0. The molecule has 78 valence electrons. The molecule has 0 bridgehead atoms. The van der Waals surface area contributed by atoms with Crippen molar-refractivity contribution in [2.45, 2.75) is 13.8 Å². The minimum Gasteiger partial charge on any atom is -0.492 e. The molecule has 0 saturated heterocycles. The van der Waals surface area contributed by atoms with E-state index in [9.17, 15) is 4.39 Å². The van der Waals surface area contributed by atoms with Crippen molar-refractivity contribution < 1.29 is 9.13 Å². The summed E-state index contributed by atoms with van der Waals surface area (Å²) in [5, 5.41) is 3.13. The SMILES string of the molecule is CCNCCOc1ccc(C)c(F)c1. The van der Waals surface area contributed by atoms with Crippen molar-refractivity contribution in [1.29, 1.82) is 0 Å². The number of benzene rings is 1. The number of nitrogens with one attached hydrogen (secondary N) is 1. The molecule has 1 aromatic carbocycles. The summed E-state index contributed by atoms with van der Waals surface area (Å²) in [6.45, 7) is 6.04. The quantitative estimate of drug-likeness (QED) is 0.730. The lowest BCUT2D eigenvalue weighted by molar-refractivity contribution is 0.313. The van der Waals surface area contributed by atoms with Gasteiger partial charge in [0.15, 0.2) is 0 Å². The van der Waals surface area contributed by atoms with Gasteiger partial charge >= 0.3 is 0 Å². The molecule has 0 aliphatic rings. The van der Waals surface area contributed by atoms with Crippen LogP contribution >= 0.6 is 0 Å². The molecule has 0 aromatic heterocycles. The second-order valence-electron chi connectivity index (χ2n) is 3.11. The Labute approximate surface area is 84.1 Å². The van der Waals surface area contributed by atoms with Crippen LogP contribution in [0.1, 0.15) is 12.5 Å². The van der Waals surface area contributed by atoms with Gasteiger partial charge in [0, 0.05) is 12.6 Å². The fourth-order valence-corrected chi connectivity index (χ4v) is 1.08. The van der Waals surface area contributed by atoms with Crippen LogP contribution < -0.4 is 10.1 Å². The van der Waals surface area contributed by atoms with Crippen LogP contribution in [0.15, 0.2) is 18.2 Å². The molecule has 2 nitrogen and oxygen atoms in total. The van der Waals surface area contributed by atoms with Gasteiger partial charge < -0.3 is 10.1 Å². The number of ether oxygens (including phenoxy) is 1. The average Bonchev–Trinajstić information content (AvgIpc) is 2.18. The van der Waals surface area contributed by atoms with Gasteiger partial charge in [-0.25, -0.2) is 4.39 Å². The van der Waals surface area contributed by atoms with Gasteiger partial charge in [-0.05, 0) is 25.1 Å². The Kier molecular flexibility index (Phi) is 4.40. The summed E-state index contributed by atoms with van der Waals surface area (Å²) in [6, 6.07) is 4.92. The first-order chi connectivity index (χ1) is 6.74. The molecule has 0 aliphatic heterocycles. The molecule has 0 atom stereocenters. The van der Waals surface area contributed by atoms with E-state index in [0.717, 1.165) is 13.1 Å². The lowest BCUT2D eigenvalue weighted by Gasteiger charge is -2.07. The smallest absolute Gasteiger partial charge is 0.129 e. The minimum absolute atomic E-state index is 0.217. The zero-order chi connectivity index (χ0) is 10.4. The van der Waals surface area contributed by atoms with Crippen LogP contribution in [0.3, 0.4) is 0 Å². The van der Waals surface area contributed by atoms with Crippen LogP contribution in [-0.4, -0.2) is 19.7 Å². The predicted octanol–water partition coefficient (Wildman–Crippen LogP) is 2.12. The first kappa shape index (κ1) is 11.0. The van der Waals surface area contributed by atoms with E-state index in [1.807, 2.05) is 6.92 Å². The van der Waals surface area contributed by atoms with Gasteiger partial charge in [0.05, 0.1) is 0 Å². The van der Waals surface area contributed by atoms with Crippen molar-refractivity contribution in [2.75, 3.05) is 19.7 Å². The van der Waals surface area contributed by atoms with Gasteiger partial charge in [0.25, 0.3) is 0 Å². The Balaban J connectivity index is 2.39. The van der Waals surface area contributed by atoms with E-state index in [1.54, 1.807) is 19.1 Å². The van der Waals surface area contributed by atoms with E-state index >= 15 is 0 Å². The highest BCUT2D eigenvalue weighted by atomic mass is 19.1. The van der Waals surface area contributed by atoms with Gasteiger partial charge in [-0.2, -0.15) is 0 Å². The number of likely N-dealkylation sites (N-methyl/N-ethyl adjacent to an activating group) is 1. The Hall–Kier alpha value is -1.09. The molecule has 0 spiro atoms. The maximum absolute atomic E-state index is 13.1. The Morgan fingerprint density at radius 2 is 2.21 bits per heavy atom. The molecular formula is C11H16FNO. The van der Waals surface area contributed by atoms with Gasteiger partial charge in [0.1, 0.15) is 18.2 Å². The summed E-state index contributed by atoms with van der Waals surface area (Å²) in [5.41, 5.74) is 0.643. The molecule has 0 aliphatic carbocycles. The molecule has 0 heterocycles. The van der Waals surface area contributed by atoms with E-state index in [4.69, 9.17) is 4.74 Å². The van der Waals surface area contributed by atoms with Crippen molar-refractivity contribution in [3.8, 4) is 5.75 Å². The summed E-state index contributed by atoms with van der Waals surface area (Å²) < 4.78 is 18.4. The third-order valence-electron chi connectivity index (χ3n) is 1.94. The van der Waals surface area contributed by atoms with Crippen LogP contribution in [0.2, 0.25) is 0 Å². The molecule has 1 N–H and O–H groups in total. The summed E-state index contributed by atoms with van der Waals surface area (Å²) in [4.78, 5) is 0. The summed E-state index contributed by atoms with van der Waals surface area (Å²) in [5.74, 6) is 0.372. The Morgan fingerprint density at radius 3 is 2.86 bits per heavy atom. The molecule has 0 amide bonds. The van der Waals surface area contributed by atoms with Crippen LogP contribution in [-0.2, 0) is 0 Å². The molecule has 0 radical (unpaired) electrons. The van der Waals surface area contributed by atoms with E-state index in [2.05, 4.69) is 5.32 Å². The second kappa shape index (κ2) is 5.60. The fourth-order valence-electron chi connectivity index (χ4n) is 1.08. The number of hydrogen-bond donors (Lipinski definition) is 1. The lowest BCUT2D eigenvalue weighted by Crippen LogP contribution is -2.20.